The number of pyridine rings is 1. The van der Waals surface area contributed by atoms with Crippen molar-refractivity contribution in [2.24, 2.45) is 5.92 Å². The minimum atomic E-state index is 0.687. The van der Waals surface area contributed by atoms with Crippen molar-refractivity contribution in [1.82, 2.24) is 9.38 Å². The summed E-state index contributed by atoms with van der Waals surface area (Å²) in [7, 11) is 1.94. The quantitative estimate of drug-likeness (QED) is 0.905. The zero-order valence-corrected chi connectivity index (χ0v) is 11.9. The molecule has 2 heterocycles. The number of ether oxygens (including phenoxy) is 1. The summed E-state index contributed by atoms with van der Waals surface area (Å²) in [5.41, 5.74) is 3.26. The molecule has 0 amide bonds. The third-order valence-electron chi connectivity index (χ3n) is 4.54. The maximum Gasteiger partial charge on any atom is 0.147 e. The Hall–Kier alpha value is -1.71. The van der Waals surface area contributed by atoms with Gasteiger partial charge in [-0.15, -0.1) is 0 Å². The number of anilines is 1. The van der Waals surface area contributed by atoms with Gasteiger partial charge in [0.15, 0.2) is 0 Å². The van der Waals surface area contributed by atoms with Gasteiger partial charge in [-0.25, -0.2) is 4.98 Å². The van der Waals surface area contributed by atoms with Crippen LogP contribution in [-0.4, -0.2) is 23.0 Å². The van der Waals surface area contributed by atoms with Crippen molar-refractivity contribution in [2.75, 3.05) is 19.0 Å². The fourth-order valence-electron chi connectivity index (χ4n) is 2.79. The lowest BCUT2D eigenvalue weighted by Gasteiger charge is -2.25. The van der Waals surface area contributed by atoms with Gasteiger partial charge in [-0.3, -0.25) is 0 Å². The summed E-state index contributed by atoms with van der Waals surface area (Å²) in [6, 6.07) is 2.07. The lowest BCUT2D eigenvalue weighted by atomic mass is 9.86. The van der Waals surface area contributed by atoms with Gasteiger partial charge in [0, 0.05) is 31.4 Å². The van der Waals surface area contributed by atoms with E-state index in [2.05, 4.69) is 28.2 Å². The predicted molar refractivity (Wildman–Crippen MR) is 79.5 cm³/mol. The molecule has 4 rings (SSSR count). The molecule has 0 saturated heterocycles. The number of imidazole rings is 1. The normalized spacial score (nSPS) is 19.1. The minimum Gasteiger partial charge on any atom is -0.491 e. The highest BCUT2D eigenvalue weighted by Gasteiger charge is 2.26. The van der Waals surface area contributed by atoms with Gasteiger partial charge in [0.25, 0.3) is 0 Å². The second-order valence-electron chi connectivity index (χ2n) is 6.11. The van der Waals surface area contributed by atoms with Crippen LogP contribution in [0.2, 0.25) is 0 Å². The van der Waals surface area contributed by atoms with Gasteiger partial charge in [-0.05, 0) is 31.6 Å². The molecular weight excluding hydrogens is 250 g/mol. The standard InChI is InChI=1S/C16H21N3O/c1-17-14-9-19-8-13(12-5-6-12)18-16(19)7-15(14)20-10-11-3-2-4-11/h7-9,11-12,17H,2-6,10H2,1H3. The van der Waals surface area contributed by atoms with E-state index in [1.165, 1.54) is 37.8 Å². The van der Waals surface area contributed by atoms with E-state index in [0.29, 0.717) is 5.92 Å². The molecule has 0 aromatic carbocycles. The molecule has 0 aliphatic heterocycles. The van der Waals surface area contributed by atoms with Gasteiger partial charge in [0.1, 0.15) is 11.4 Å². The summed E-state index contributed by atoms with van der Waals surface area (Å²) >= 11 is 0. The molecule has 2 aliphatic carbocycles. The molecule has 0 unspecified atom stereocenters. The summed E-state index contributed by atoms with van der Waals surface area (Å²) in [5.74, 6) is 2.37. The van der Waals surface area contributed by atoms with Crippen molar-refractivity contribution in [2.45, 2.75) is 38.0 Å². The Kier molecular flexibility index (Phi) is 2.83. The van der Waals surface area contributed by atoms with E-state index in [1.807, 2.05) is 7.05 Å². The Morgan fingerprint density at radius 2 is 2.15 bits per heavy atom. The molecule has 106 valence electrons. The van der Waals surface area contributed by atoms with E-state index in [1.54, 1.807) is 0 Å². The fraction of sp³-hybridized carbons (Fsp3) is 0.562. The third-order valence-corrected chi connectivity index (χ3v) is 4.54. The average Bonchev–Trinajstić information content (AvgIpc) is 3.16. The number of fused-ring (bicyclic) bond motifs is 1. The number of aromatic nitrogens is 2. The van der Waals surface area contributed by atoms with E-state index in [9.17, 15) is 0 Å². The van der Waals surface area contributed by atoms with Crippen LogP contribution in [0, 0.1) is 5.92 Å². The number of rotatable bonds is 5. The summed E-state index contributed by atoms with van der Waals surface area (Å²) < 4.78 is 8.12. The van der Waals surface area contributed by atoms with Crippen LogP contribution in [0.5, 0.6) is 5.75 Å². The first-order valence-electron chi connectivity index (χ1n) is 7.66. The average molecular weight is 271 g/mol. The van der Waals surface area contributed by atoms with Crippen LogP contribution in [0.1, 0.15) is 43.7 Å². The van der Waals surface area contributed by atoms with Crippen molar-refractivity contribution in [1.29, 1.82) is 0 Å². The van der Waals surface area contributed by atoms with E-state index < -0.39 is 0 Å². The van der Waals surface area contributed by atoms with Crippen LogP contribution in [0.15, 0.2) is 18.5 Å². The van der Waals surface area contributed by atoms with Gasteiger partial charge in [0.2, 0.25) is 0 Å². The first-order valence-corrected chi connectivity index (χ1v) is 7.66. The maximum atomic E-state index is 6.01. The number of hydrogen-bond acceptors (Lipinski definition) is 3. The topological polar surface area (TPSA) is 38.6 Å². The molecule has 2 aromatic rings. The number of nitrogens with zero attached hydrogens (tertiary/aromatic N) is 2. The highest BCUT2D eigenvalue weighted by molar-refractivity contribution is 5.61. The second kappa shape index (κ2) is 4.69. The van der Waals surface area contributed by atoms with Crippen molar-refractivity contribution >= 4 is 11.3 Å². The van der Waals surface area contributed by atoms with Crippen molar-refractivity contribution in [3.05, 3.63) is 24.2 Å². The molecular formula is C16H21N3O. The summed E-state index contributed by atoms with van der Waals surface area (Å²) in [5, 5.41) is 3.23. The monoisotopic (exact) mass is 271 g/mol. The maximum absolute atomic E-state index is 6.01. The van der Waals surface area contributed by atoms with Crippen LogP contribution in [-0.2, 0) is 0 Å². The largest absolute Gasteiger partial charge is 0.491 e. The SMILES string of the molecule is CNc1cn2cc(C3CC3)nc2cc1OCC1CCC1. The van der Waals surface area contributed by atoms with Crippen LogP contribution in [0.4, 0.5) is 5.69 Å². The smallest absolute Gasteiger partial charge is 0.147 e. The van der Waals surface area contributed by atoms with Gasteiger partial charge in [0.05, 0.1) is 18.0 Å². The van der Waals surface area contributed by atoms with Crippen LogP contribution >= 0.6 is 0 Å². The first kappa shape index (κ1) is 12.1. The molecule has 0 radical (unpaired) electrons. The second-order valence-corrected chi connectivity index (χ2v) is 6.11. The lowest BCUT2D eigenvalue weighted by molar-refractivity contribution is 0.181. The van der Waals surface area contributed by atoms with Gasteiger partial charge < -0.3 is 14.5 Å². The fourth-order valence-corrected chi connectivity index (χ4v) is 2.79. The number of nitrogens with one attached hydrogen (secondary N) is 1. The van der Waals surface area contributed by atoms with Gasteiger partial charge in [-0.1, -0.05) is 6.42 Å². The highest BCUT2D eigenvalue weighted by atomic mass is 16.5. The Balaban J connectivity index is 1.62. The molecule has 4 nitrogen and oxygen atoms in total. The summed E-state index contributed by atoms with van der Waals surface area (Å²) in [4.78, 5) is 4.73. The Morgan fingerprint density at radius 3 is 2.80 bits per heavy atom. The van der Waals surface area contributed by atoms with Gasteiger partial charge in [-0.2, -0.15) is 0 Å². The molecule has 20 heavy (non-hydrogen) atoms. The molecule has 2 aromatic heterocycles. The Morgan fingerprint density at radius 1 is 1.30 bits per heavy atom. The van der Waals surface area contributed by atoms with Crippen LogP contribution in [0.25, 0.3) is 5.65 Å². The molecule has 1 N–H and O–H groups in total. The minimum absolute atomic E-state index is 0.687. The number of hydrogen-bond donors (Lipinski definition) is 1. The zero-order valence-electron chi connectivity index (χ0n) is 11.9. The molecule has 4 heteroatoms. The molecule has 2 saturated carbocycles. The molecule has 0 atom stereocenters. The summed E-state index contributed by atoms with van der Waals surface area (Å²) in [6.07, 6.45) is 10.8. The van der Waals surface area contributed by atoms with Crippen molar-refractivity contribution in [3.63, 3.8) is 0 Å². The van der Waals surface area contributed by atoms with Crippen molar-refractivity contribution < 1.29 is 4.74 Å². The summed E-state index contributed by atoms with van der Waals surface area (Å²) in [6.45, 7) is 0.834. The molecule has 0 spiro atoms. The first-order chi connectivity index (χ1) is 9.83. The van der Waals surface area contributed by atoms with Crippen LogP contribution in [0.3, 0.4) is 0 Å². The predicted octanol–water partition coefficient (Wildman–Crippen LogP) is 3.43. The lowest BCUT2D eigenvalue weighted by Crippen LogP contribution is -2.19. The highest BCUT2D eigenvalue weighted by Crippen LogP contribution is 2.40. The Bertz CT molecular complexity index is 626. The van der Waals surface area contributed by atoms with E-state index in [-0.39, 0.29) is 0 Å². The van der Waals surface area contributed by atoms with E-state index in [0.717, 1.165) is 29.6 Å². The van der Waals surface area contributed by atoms with E-state index in [4.69, 9.17) is 9.72 Å². The molecule has 0 bridgehead atoms. The zero-order chi connectivity index (χ0) is 13.5. The molecule has 2 aliphatic rings. The Labute approximate surface area is 119 Å². The van der Waals surface area contributed by atoms with E-state index >= 15 is 0 Å². The molecule has 2 fully saturated rings. The third kappa shape index (κ3) is 2.13. The van der Waals surface area contributed by atoms with Crippen molar-refractivity contribution in [3.8, 4) is 5.75 Å². The van der Waals surface area contributed by atoms with Gasteiger partial charge >= 0.3 is 0 Å². The van der Waals surface area contributed by atoms with Crippen LogP contribution < -0.4 is 10.1 Å².